The van der Waals surface area contributed by atoms with Gasteiger partial charge in [0.2, 0.25) is 0 Å². The normalized spacial score (nSPS) is 17.4. The van der Waals surface area contributed by atoms with E-state index in [1.54, 1.807) is 0 Å². The number of nitrogens with zero attached hydrogens (tertiary/aromatic N) is 1. The van der Waals surface area contributed by atoms with Crippen LogP contribution in [0, 0.1) is 12.8 Å². The van der Waals surface area contributed by atoms with Gasteiger partial charge in [-0.25, -0.2) is 0 Å². The number of rotatable bonds is 3. The Morgan fingerprint density at radius 1 is 1.42 bits per heavy atom. The van der Waals surface area contributed by atoms with Crippen molar-refractivity contribution in [2.75, 3.05) is 26.7 Å². The van der Waals surface area contributed by atoms with Crippen molar-refractivity contribution in [1.82, 2.24) is 10.2 Å². The minimum atomic E-state index is 0.0227. The Bertz CT molecular complexity index is 453. The summed E-state index contributed by atoms with van der Waals surface area (Å²) in [5.41, 5.74) is 1.82. The van der Waals surface area contributed by atoms with Gasteiger partial charge in [0.05, 0.1) is 5.56 Å². The van der Waals surface area contributed by atoms with Crippen LogP contribution in [-0.2, 0) is 0 Å². The average Bonchev–Trinajstić information content (AvgIpc) is 2.41. The first-order valence-electron chi connectivity index (χ1n) is 6.80. The van der Waals surface area contributed by atoms with E-state index in [0.717, 1.165) is 35.2 Å². The highest BCUT2D eigenvalue weighted by molar-refractivity contribution is 9.10. The minimum absolute atomic E-state index is 0.0227. The zero-order valence-electron chi connectivity index (χ0n) is 11.6. The van der Waals surface area contributed by atoms with E-state index in [1.807, 2.05) is 25.1 Å². The second-order valence-electron chi connectivity index (χ2n) is 5.39. The van der Waals surface area contributed by atoms with Gasteiger partial charge in [0.25, 0.3) is 5.91 Å². The molecule has 1 saturated heterocycles. The Morgan fingerprint density at radius 3 is 2.79 bits per heavy atom. The van der Waals surface area contributed by atoms with Crippen molar-refractivity contribution in [3.63, 3.8) is 0 Å². The molecule has 0 atom stereocenters. The van der Waals surface area contributed by atoms with Gasteiger partial charge < -0.3 is 10.2 Å². The fourth-order valence-electron chi connectivity index (χ4n) is 2.42. The fourth-order valence-corrected chi connectivity index (χ4v) is 2.87. The Balaban J connectivity index is 1.89. The first kappa shape index (κ1) is 14.5. The lowest BCUT2D eigenvalue weighted by molar-refractivity contribution is 0.0938. The van der Waals surface area contributed by atoms with Crippen LogP contribution < -0.4 is 5.32 Å². The Labute approximate surface area is 123 Å². The molecule has 0 aliphatic carbocycles. The smallest absolute Gasteiger partial charge is 0.252 e. The summed E-state index contributed by atoms with van der Waals surface area (Å²) >= 11 is 3.49. The highest BCUT2D eigenvalue weighted by atomic mass is 79.9. The predicted octanol–water partition coefficient (Wildman–Crippen LogP) is 2.83. The van der Waals surface area contributed by atoms with Crippen LogP contribution in [-0.4, -0.2) is 37.5 Å². The zero-order chi connectivity index (χ0) is 13.8. The van der Waals surface area contributed by atoms with Crippen LogP contribution in [0.5, 0.6) is 0 Å². The molecule has 1 N–H and O–H groups in total. The fraction of sp³-hybridized carbons (Fsp3) is 0.533. The number of hydrogen-bond acceptors (Lipinski definition) is 2. The molecule has 0 bridgehead atoms. The number of hydrogen-bond donors (Lipinski definition) is 1. The monoisotopic (exact) mass is 324 g/mol. The maximum atomic E-state index is 12.2. The van der Waals surface area contributed by atoms with Crippen molar-refractivity contribution in [3.05, 3.63) is 33.8 Å². The molecule has 1 aliphatic rings. The van der Waals surface area contributed by atoms with Crippen molar-refractivity contribution in [3.8, 4) is 0 Å². The molecule has 1 aromatic carbocycles. The Morgan fingerprint density at radius 2 is 2.11 bits per heavy atom. The maximum absolute atomic E-state index is 12.2. The maximum Gasteiger partial charge on any atom is 0.252 e. The van der Waals surface area contributed by atoms with E-state index >= 15 is 0 Å². The topological polar surface area (TPSA) is 32.3 Å². The molecule has 0 spiro atoms. The number of carbonyl (C=O) groups excluding carboxylic acids is 1. The molecular formula is C15H21BrN2O. The van der Waals surface area contributed by atoms with Crippen molar-refractivity contribution in [1.29, 1.82) is 0 Å². The van der Waals surface area contributed by atoms with Gasteiger partial charge >= 0.3 is 0 Å². The van der Waals surface area contributed by atoms with E-state index in [9.17, 15) is 4.79 Å². The van der Waals surface area contributed by atoms with Gasteiger partial charge in [-0.1, -0.05) is 12.1 Å². The molecule has 2 rings (SSSR count). The number of likely N-dealkylation sites (tertiary alicyclic amines) is 1. The summed E-state index contributed by atoms with van der Waals surface area (Å²) in [5, 5.41) is 3.06. The highest BCUT2D eigenvalue weighted by Crippen LogP contribution is 2.21. The lowest BCUT2D eigenvalue weighted by Gasteiger charge is -2.29. The van der Waals surface area contributed by atoms with Crippen LogP contribution >= 0.6 is 15.9 Å². The number of nitrogens with one attached hydrogen (secondary N) is 1. The Kier molecular flexibility index (Phi) is 4.99. The zero-order valence-corrected chi connectivity index (χ0v) is 13.2. The van der Waals surface area contributed by atoms with Gasteiger partial charge in [-0.2, -0.15) is 0 Å². The van der Waals surface area contributed by atoms with Gasteiger partial charge in [0.15, 0.2) is 0 Å². The molecular weight excluding hydrogens is 304 g/mol. The van der Waals surface area contributed by atoms with Crippen molar-refractivity contribution >= 4 is 21.8 Å². The molecule has 1 aliphatic heterocycles. The van der Waals surface area contributed by atoms with Gasteiger partial charge in [-0.05, 0) is 73.4 Å². The molecule has 0 unspecified atom stereocenters. The quantitative estimate of drug-likeness (QED) is 0.927. The summed E-state index contributed by atoms with van der Waals surface area (Å²) in [7, 11) is 2.15. The van der Waals surface area contributed by atoms with Crippen molar-refractivity contribution in [2.24, 2.45) is 5.92 Å². The summed E-state index contributed by atoms with van der Waals surface area (Å²) in [5.74, 6) is 0.637. The molecule has 1 heterocycles. The number of benzene rings is 1. The van der Waals surface area contributed by atoms with Crippen LogP contribution in [0.2, 0.25) is 0 Å². The first-order chi connectivity index (χ1) is 9.08. The minimum Gasteiger partial charge on any atom is -0.352 e. The van der Waals surface area contributed by atoms with E-state index in [-0.39, 0.29) is 5.91 Å². The largest absolute Gasteiger partial charge is 0.352 e. The third-order valence-electron chi connectivity index (χ3n) is 3.83. The summed E-state index contributed by atoms with van der Waals surface area (Å²) in [6.45, 7) is 5.05. The van der Waals surface area contributed by atoms with Gasteiger partial charge in [0, 0.05) is 11.0 Å². The number of aryl methyl sites for hydroxylation is 1. The number of piperidine rings is 1. The van der Waals surface area contributed by atoms with Crippen molar-refractivity contribution in [2.45, 2.75) is 19.8 Å². The van der Waals surface area contributed by atoms with E-state index < -0.39 is 0 Å². The van der Waals surface area contributed by atoms with E-state index in [2.05, 4.69) is 33.2 Å². The molecule has 0 saturated carbocycles. The van der Waals surface area contributed by atoms with Crippen molar-refractivity contribution < 1.29 is 4.79 Å². The van der Waals surface area contributed by atoms with Gasteiger partial charge in [0.1, 0.15) is 0 Å². The lowest BCUT2D eigenvalue weighted by Crippen LogP contribution is -2.37. The summed E-state index contributed by atoms with van der Waals surface area (Å²) in [4.78, 5) is 14.5. The molecule has 0 radical (unpaired) electrons. The second-order valence-corrected chi connectivity index (χ2v) is 6.19. The average molecular weight is 325 g/mol. The molecule has 4 heteroatoms. The number of halogens is 1. The standard InChI is InChI=1S/C15H21BrN2O/c1-11-4-3-5-13(14(11)16)15(19)17-10-12-6-8-18(2)9-7-12/h3-5,12H,6-10H2,1-2H3,(H,17,19). The van der Waals surface area contributed by atoms with Gasteiger partial charge in [-0.3, -0.25) is 4.79 Å². The SMILES string of the molecule is Cc1cccc(C(=O)NCC2CCN(C)CC2)c1Br. The lowest BCUT2D eigenvalue weighted by atomic mass is 9.97. The predicted molar refractivity (Wildman–Crippen MR) is 81.4 cm³/mol. The molecule has 1 amide bonds. The molecule has 1 fully saturated rings. The van der Waals surface area contributed by atoms with E-state index in [0.29, 0.717) is 5.92 Å². The van der Waals surface area contributed by atoms with Crippen LogP contribution in [0.1, 0.15) is 28.8 Å². The summed E-state index contributed by atoms with van der Waals surface area (Å²) in [6, 6.07) is 5.78. The molecule has 3 nitrogen and oxygen atoms in total. The van der Waals surface area contributed by atoms with E-state index in [4.69, 9.17) is 0 Å². The molecule has 104 valence electrons. The van der Waals surface area contributed by atoms with Crippen LogP contribution in [0.15, 0.2) is 22.7 Å². The van der Waals surface area contributed by atoms with Crippen LogP contribution in [0.3, 0.4) is 0 Å². The van der Waals surface area contributed by atoms with Crippen LogP contribution in [0.25, 0.3) is 0 Å². The number of carbonyl (C=O) groups is 1. The molecule has 1 aromatic rings. The summed E-state index contributed by atoms with van der Waals surface area (Å²) < 4.78 is 0.899. The van der Waals surface area contributed by atoms with Crippen LogP contribution in [0.4, 0.5) is 0 Å². The molecule has 19 heavy (non-hydrogen) atoms. The molecule has 0 aromatic heterocycles. The van der Waals surface area contributed by atoms with Gasteiger partial charge in [-0.15, -0.1) is 0 Å². The highest BCUT2D eigenvalue weighted by Gasteiger charge is 2.18. The second kappa shape index (κ2) is 6.53. The number of amides is 1. The summed E-state index contributed by atoms with van der Waals surface area (Å²) in [6.07, 6.45) is 2.34. The third-order valence-corrected chi connectivity index (χ3v) is 4.88. The Hall–Kier alpha value is -0.870. The third kappa shape index (κ3) is 3.80. The van der Waals surface area contributed by atoms with E-state index in [1.165, 1.54) is 12.8 Å². The first-order valence-corrected chi connectivity index (χ1v) is 7.59.